The van der Waals surface area contributed by atoms with E-state index in [1.54, 1.807) is 0 Å². The van der Waals surface area contributed by atoms with Crippen molar-refractivity contribution in [3.05, 3.63) is 71.9 Å². The number of fused-ring (bicyclic) bond motifs is 1. The molecule has 1 fully saturated rings. The van der Waals surface area contributed by atoms with Crippen molar-refractivity contribution >= 4 is 16.8 Å². The fourth-order valence-electron chi connectivity index (χ4n) is 4.01. The number of hydrogen-bond acceptors (Lipinski definition) is 2. The lowest BCUT2D eigenvalue weighted by Crippen LogP contribution is -2.47. The summed E-state index contributed by atoms with van der Waals surface area (Å²) in [5.74, 6) is 0.238. The number of rotatable bonds is 3. The van der Waals surface area contributed by atoms with Gasteiger partial charge in [0.25, 0.3) is 0 Å². The van der Waals surface area contributed by atoms with Gasteiger partial charge in [-0.2, -0.15) is 0 Å². The average Bonchev–Trinajstić information content (AvgIpc) is 3.05. The third kappa shape index (κ3) is 2.88. The van der Waals surface area contributed by atoms with Crippen molar-refractivity contribution in [2.45, 2.75) is 31.7 Å². The molecule has 2 unspecified atom stereocenters. The summed E-state index contributed by atoms with van der Waals surface area (Å²) in [6, 6.07) is 19.0. The first kappa shape index (κ1) is 15.8. The fraction of sp³-hybridized carbons (Fsp3) is 0.286. The van der Waals surface area contributed by atoms with Gasteiger partial charge in [-0.25, -0.2) is 0 Å². The minimum Gasteiger partial charge on any atom is -0.366 e. The van der Waals surface area contributed by atoms with Gasteiger partial charge in [-0.15, -0.1) is 0 Å². The van der Waals surface area contributed by atoms with Crippen LogP contribution in [0.15, 0.2) is 60.8 Å². The predicted octanol–water partition coefficient (Wildman–Crippen LogP) is 3.64. The lowest BCUT2D eigenvalue weighted by molar-refractivity contribution is 0.100. The van der Waals surface area contributed by atoms with E-state index >= 15 is 0 Å². The molecular formula is C21H23N3O. The van der Waals surface area contributed by atoms with E-state index in [0.29, 0.717) is 17.5 Å². The largest absolute Gasteiger partial charge is 0.366 e. The Morgan fingerprint density at radius 1 is 1.12 bits per heavy atom. The molecule has 2 aromatic carbocycles. The van der Waals surface area contributed by atoms with Crippen molar-refractivity contribution < 1.29 is 4.79 Å². The molecule has 4 heteroatoms. The third-order valence-electron chi connectivity index (χ3n) is 5.34. The van der Waals surface area contributed by atoms with Crippen molar-refractivity contribution in [2.75, 3.05) is 11.6 Å². The van der Waals surface area contributed by atoms with Crippen LogP contribution < -0.4 is 10.7 Å². The zero-order valence-electron chi connectivity index (χ0n) is 14.4. The highest BCUT2D eigenvalue weighted by Crippen LogP contribution is 2.31. The second-order valence-corrected chi connectivity index (χ2v) is 6.94. The molecule has 0 bridgehead atoms. The van der Waals surface area contributed by atoms with Crippen LogP contribution in [-0.4, -0.2) is 23.2 Å². The molecule has 3 aromatic rings. The number of carbonyl (C=O) groups excluding carboxylic acids is 1. The third-order valence-corrected chi connectivity index (χ3v) is 5.34. The highest BCUT2D eigenvalue weighted by molar-refractivity contribution is 5.97. The quantitative estimate of drug-likeness (QED) is 0.795. The minimum absolute atomic E-state index is 0.383. The molecule has 25 heavy (non-hydrogen) atoms. The summed E-state index contributed by atoms with van der Waals surface area (Å²) < 4.78 is 2.23. The van der Waals surface area contributed by atoms with Crippen molar-refractivity contribution in [1.82, 2.24) is 4.68 Å². The Morgan fingerprint density at radius 3 is 2.64 bits per heavy atom. The Bertz CT molecular complexity index is 900. The molecular weight excluding hydrogens is 310 g/mol. The van der Waals surface area contributed by atoms with E-state index in [9.17, 15) is 4.79 Å². The number of primary amides is 1. The van der Waals surface area contributed by atoms with Gasteiger partial charge >= 0.3 is 0 Å². The first-order valence-electron chi connectivity index (χ1n) is 8.86. The SMILES string of the molecule is CC1CC(c2ccccc2)CCN1n1ccc2cc(C(N)=O)ccc21. The molecule has 1 saturated heterocycles. The van der Waals surface area contributed by atoms with Crippen molar-refractivity contribution in [1.29, 1.82) is 0 Å². The van der Waals surface area contributed by atoms with Gasteiger partial charge in [0.15, 0.2) is 0 Å². The monoisotopic (exact) mass is 333 g/mol. The molecule has 0 radical (unpaired) electrons. The van der Waals surface area contributed by atoms with E-state index in [1.165, 1.54) is 5.56 Å². The molecule has 128 valence electrons. The summed E-state index contributed by atoms with van der Waals surface area (Å²) in [5.41, 5.74) is 8.51. The van der Waals surface area contributed by atoms with Crippen LogP contribution in [0, 0.1) is 0 Å². The van der Waals surface area contributed by atoms with E-state index < -0.39 is 0 Å². The summed E-state index contributed by atoms with van der Waals surface area (Å²) in [6.45, 7) is 3.31. The lowest BCUT2D eigenvalue weighted by atomic mass is 9.86. The highest BCUT2D eigenvalue weighted by atomic mass is 16.1. The normalized spacial score (nSPS) is 20.8. The Labute approximate surface area is 147 Å². The van der Waals surface area contributed by atoms with Gasteiger partial charge < -0.3 is 10.7 Å². The van der Waals surface area contributed by atoms with Gasteiger partial charge in [0, 0.05) is 29.7 Å². The Balaban J connectivity index is 1.59. The van der Waals surface area contributed by atoms with E-state index in [-0.39, 0.29) is 5.91 Å². The standard InChI is InChI=1S/C21H23N3O/c1-15-13-17(16-5-3-2-4-6-16)9-11-23(15)24-12-10-18-14-19(21(22)25)7-8-20(18)24/h2-8,10,12,14-15,17H,9,11,13H2,1H3,(H2,22,25). The summed E-state index contributed by atoms with van der Waals surface area (Å²) in [6.07, 6.45) is 4.38. The number of nitrogens with zero attached hydrogens (tertiary/aromatic N) is 2. The van der Waals surface area contributed by atoms with Crippen LogP contribution in [0.5, 0.6) is 0 Å². The van der Waals surface area contributed by atoms with Gasteiger partial charge in [-0.3, -0.25) is 9.47 Å². The van der Waals surface area contributed by atoms with Crippen LogP contribution in [0.2, 0.25) is 0 Å². The summed E-state index contributed by atoms with van der Waals surface area (Å²) in [4.78, 5) is 11.4. The van der Waals surface area contributed by atoms with Gasteiger partial charge in [-0.05, 0) is 55.5 Å². The van der Waals surface area contributed by atoms with Gasteiger partial charge in [0.2, 0.25) is 5.91 Å². The fourth-order valence-corrected chi connectivity index (χ4v) is 4.01. The highest BCUT2D eigenvalue weighted by Gasteiger charge is 2.27. The molecule has 2 N–H and O–H groups in total. The molecule has 2 heterocycles. The summed E-state index contributed by atoms with van der Waals surface area (Å²) >= 11 is 0. The zero-order chi connectivity index (χ0) is 17.4. The van der Waals surface area contributed by atoms with Gasteiger partial charge in [0.1, 0.15) is 0 Å². The number of hydrogen-bond donors (Lipinski definition) is 1. The molecule has 0 spiro atoms. The van der Waals surface area contributed by atoms with E-state index in [4.69, 9.17) is 5.73 Å². The molecule has 1 amide bonds. The smallest absolute Gasteiger partial charge is 0.248 e. The summed E-state index contributed by atoms with van der Waals surface area (Å²) in [7, 11) is 0. The maximum atomic E-state index is 11.4. The first-order chi connectivity index (χ1) is 12.1. The summed E-state index contributed by atoms with van der Waals surface area (Å²) in [5, 5.41) is 3.47. The van der Waals surface area contributed by atoms with E-state index in [1.807, 2.05) is 18.2 Å². The maximum absolute atomic E-state index is 11.4. The molecule has 0 aliphatic carbocycles. The molecule has 2 atom stereocenters. The maximum Gasteiger partial charge on any atom is 0.248 e. The molecule has 1 aliphatic heterocycles. The van der Waals surface area contributed by atoms with Crippen molar-refractivity contribution in [3.63, 3.8) is 0 Å². The predicted molar refractivity (Wildman–Crippen MR) is 101 cm³/mol. The van der Waals surface area contributed by atoms with Crippen molar-refractivity contribution in [2.24, 2.45) is 5.73 Å². The molecule has 4 nitrogen and oxygen atoms in total. The second kappa shape index (κ2) is 6.28. The number of piperidine rings is 1. The van der Waals surface area contributed by atoms with Crippen molar-refractivity contribution in [3.8, 4) is 0 Å². The topological polar surface area (TPSA) is 51.3 Å². The van der Waals surface area contributed by atoms with Crippen LogP contribution in [0.3, 0.4) is 0 Å². The molecule has 1 aliphatic rings. The number of nitrogens with two attached hydrogens (primary N) is 1. The Morgan fingerprint density at radius 2 is 1.92 bits per heavy atom. The second-order valence-electron chi connectivity index (χ2n) is 6.94. The van der Waals surface area contributed by atoms with Crippen LogP contribution in [0.25, 0.3) is 10.9 Å². The molecule has 4 rings (SSSR count). The minimum atomic E-state index is -0.383. The zero-order valence-corrected chi connectivity index (χ0v) is 14.4. The molecule has 0 saturated carbocycles. The lowest BCUT2D eigenvalue weighted by Gasteiger charge is -2.40. The van der Waals surface area contributed by atoms with Crippen LogP contribution in [-0.2, 0) is 0 Å². The van der Waals surface area contributed by atoms with E-state index in [0.717, 1.165) is 30.3 Å². The van der Waals surface area contributed by atoms with Gasteiger partial charge in [0.05, 0.1) is 5.52 Å². The van der Waals surface area contributed by atoms with E-state index in [2.05, 4.69) is 59.2 Å². The van der Waals surface area contributed by atoms with Crippen LogP contribution in [0.1, 0.15) is 41.6 Å². The number of benzene rings is 2. The van der Waals surface area contributed by atoms with Gasteiger partial charge in [-0.1, -0.05) is 30.3 Å². The van der Waals surface area contributed by atoms with Crippen LogP contribution >= 0.6 is 0 Å². The van der Waals surface area contributed by atoms with Crippen LogP contribution in [0.4, 0.5) is 0 Å². The number of amides is 1. The number of carbonyl (C=O) groups is 1. The molecule has 1 aromatic heterocycles. The number of aromatic nitrogens is 1. The first-order valence-corrected chi connectivity index (χ1v) is 8.86. The average molecular weight is 333 g/mol. The Kier molecular flexibility index (Phi) is 3.96. The Hall–Kier alpha value is -2.75.